The van der Waals surface area contributed by atoms with Crippen molar-refractivity contribution in [3.8, 4) is 11.1 Å². The molecular weight excluding hydrogens is 366 g/mol. The van der Waals surface area contributed by atoms with Crippen molar-refractivity contribution in [1.82, 2.24) is 4.90 Å². The van der Waals surface area contributed by atoms with Crippen LogP contribution in [0.5, 0.6) is 0 Å². The zero-order valence-corrected chi connectivity index (χ0v) is 17.7. The van der Waals surface area contributed by atoms with Gasteiger partial charge in [0.25, 0.3) is 0 Å². The Balaban J connectivity index is 1.19. The van der Waals surface area contributed by atoms with Gasteiger partial charge in [-0.15, -0.1) is 0 Å². The Morgan fingerprint density at radius 3 is 2.03 bits per heavy atom. The standard InChI is InChI=1S/C28H31NO/c30-28(27-14-12-26(13-15-27)25-9-5-2-6-10-25)16-11-24-18-21-29(22-19-24)20-17-23-7-3-1-4-8-23/h1-10,12-15,24H,11,16-22H2. The summed E-state index contributed by atoms with van der Waals surface area (Å²) < 4.78 is 0. The average Bonchev–Trinajstić information content (AvgIpc) is 2.83. The smallest absolute Gasteiger partial charge is 0.162 e. The number of hydrogen-bond donors (Lipinski definition) is 0. The third-order valence-electron chi connectivity index (χ3n) is 6.36. The number of likely N-dealkylation sites (tertiary alicyclic amines) is 1. The van der Waals surface area contributed by atoms with Crippen LogP contribution in [0.15, 0.2) is 84.9 Å². The van der Waals surface area contributed by atoms with Gasteiger partial charge in [0.1, 0.15) is 0 Å². The van der Waals surface area contributed by atoms with Crippen LogP contribution in [0.3, 0.4) is 0 Å². The van der Waals surface area contributed by atoms with Gasteiger partial charge in [0, 0.05) is 18.5 Å². The number of hydrogen-bond acceptors (Lipinski definition) is 2. The first-order chi connectivity index (χ1) is 14.8. The molecule has 0 spiro atoms. The normalized spacial score (nSPS) is 15.2. The van der Waals surface area contributed by atoms with E-state index in [9.17, 15) is 4.79 Å². The fraction of sp³-hybridized carbons (Fsp3) is 0.321. The Labute approximate surface area is 180 Å². The zero-order chi connectivity index (χ0) is 20.6. The van der Waals surface area contributed by atoms with Gasteiger partial charge in [-0.1, -0.05) is 84.9 Å². The van der Waals surface area contributed by atoms with Gasteiger partial charge >= 0.3 is 0 Å². The highest BCUT2D eigenvalue weighted by molar-refractivity contribution is 5.96. The molecule has 0 aliphatic carbocycles. The van der Waals surface area contributed by atoms with Gasteiger partial charge < -0.3 is 4.90 Å². The van der Waals surface area contributed by atoms with E-state index in [1.807, 2.05) is 30.3 Å². The molecule has 1 aliphatic heterocycles. The molecule has 0 unspecified atom stereocenters. The molecule has 1 heterocycles. The molecule has 0 atom stereocenters. The number of ketones is 1. The molecule has 3 aromatic carbocycles. The second kappa shape index (κ2) is 10.4. The molecule has 1 fully saturated rings. The van der Waals surface area contributed by atoms with Gasteiger partial charge in [0.05, 0.1) is 0 Å². The summed E-state index contributed by atoms with van der Waals surface area (Å²) in [6.07, 6.45) is 5.25. The number of nitrogens with zero attached hydrogens (tertiary/aromatic N) is 1. The summed E-state index contributed by atoms with van der Waals surface area (Å²) in [7, 11) is 0. The Bertz CT molecular complexity index is 910. The molecule has 0 radical (unpaired) electrons. The third kappa shape index (κ3) is 5.67. The minimum atomic E-state index is 0.279. The van der Waals surface area contributed by atoms with Crippen molar-refractivity contribution in [3.05, 3.63) is 96.1 Å². The van der Waals surface area contributed by atoms with E-state index in [1.54, 1.807) is 0 Å². The van der Waals surface area contributed by atoms with Crippen molar-refractivity contribution in [3.63, 3.8) is 0 Å². The largest absolute Gasteiger partial charge is 0.303 e. The topological polar surface area (TPSA) is 20.3 Å². The lowest BCUT2D eigenvalue weighted by atomic mass is 9.90. The number of carbonyl (C=O) groups is 1. The molecule has 4 rings (SSSR count). The molecule has 2 heteroatoms. The minimum Gasteiger partial charge on any atom is -0.303 e. The first-order valence-electron chi connectivity index (χ1n) is 11.2. The highest BCUT2D eigenvalue weighted by Crippen LogP contribution is 2.24. The maximum atomic E-state index is 12.6. The molecule has 30 heavy (non-hydrogen) atoms. The maximum Gasteiger partial charge on any atom is 0.162 e. The minimum absolute atomic E-state index is 0.279. The predicted octanol–water partition coefficient (Wildman–Crippen LogP) is 6.27. The SMILES string of the molecule is O=C(CCC1CCN(CCc2ccccc2)CC1)c1ccc(-c2ccccc2)cc1. The number of rotatable bonds is 8. The molecule has 0 N–H and O–H groups in total. The third-order valence-corrected chi connectivity index (χ3v) is 6.36. The van der Waals surface area contributed by atoms with Crippen LogP contribution >= 0.6 is 0 Å². The molecule has 1 saturated heterocycles. The van der Waals surface area contributed by atoms with Crippen molar-refractivity contribution in [1.29, 1.82) is 0 Å². The molecule has 0 saturated carbocycles. The van der Waals surface area contributed by atoms with Crippen molar-refractivity contribution in [2.24, 2.45) is 5.92 Å². The van der Waals surface area contributed by atoms with Crippen LogP contribution in [-0.4, -0.2) is 30.3 Å². The van der Waals surface area contributed by atoms with Gasteiger partial charge in [-0.3, -0.25) is 4.79 Å². The fourth-order valence-corrected chi connectivity index (χ4v) is 4.39. The van der Waals surface area contributed by atoms with E-state index >= 15 is 0 Å². The van der Waals surface area contributed by atoms with Gasteiger partial charge in [-0.2, -0.15) is 0 Å². The van der Waals surface area contributed by atoms with E-state index in [0.29, 0.717) is 12.3 Å². The molecule has 154 valence electrons. The van der Waals surface area contributed by atoms with E-state index in [4.69, 9.17) is 0 Å². The van der Waals surface area contributed by atoms with Crippen molar-refractivity contribution in [2.45, 2.75) is 32.1 Å². The van der Waals surface area contributed by atoms with Gasteiger partial charge in [-0.25, -0.2) is 0 Å². The van der Waals surface area contributed by atoms with E-state index in [-0.39, 0.29) is 5.78 Å². The van der Waals surface area contributed by atoms with Crippen LogP contribution in [0.1, 0.15) is 41.6 Å². The van der Waals surface area contributed by atoms with Crippen LogP contribution in [0.2, 0.25) is 0 Å². The molecular formula is C28H31NO. The Kier molecular flexibility index (Phi) is 7.10. The van der Waals surface area contributed by atoms with E-state index < -0.39 is 0 Å². The highest BCUT2D eigenvalue weighted by Gasteiger charge is 2.20. The summed E-state index contributed by atoms with van der Waals surface area (Å²) in [5.41, 5.74) is 4.61. The Morgan fingerprint density at radius 1 is 0.767 bits per heavy atom. The summed E-state index contributed by atoms with van der Waals surface area (Å²) in [4.78, 5) is 15.2. The number of piperidine rings is 1. The molecule has 0 amide bonds. The van der Waals surface area contributed by atoms with Crippen LogP contribution < -0.4 is 0 Å². The van der Waals surface area contributed by atoms with Crippen LogP contribution in [0.25, 0.3) is 11.1 Å². The van der Waals surface area contributed by atoms with Crippen LogP contribution in [-0.2, 0) is 6.42 Å². The summed E-state index contributed by atoms with van der Waals surface area (Å²) >= 11 is 0. The summed E-state index contributed by atoms with van der Waals surface area (Å²) in [6.45, 7) is 3.47. The highest BCUT2D eigenvalue weighted by atomic mass is 16.1. The zero-order valence-electron chi connectivity index (χ0n) is 17.7. The number of benzene rings is 3. The lowest BCUT2D eigenvalue weighted by Gasteiger charge is -2.31. The Morgan fingerprint density at radius 2 is 1.37 bits per heavy atom. The van der Waals surface area contributed by atoms with Gasteiger partial charge in [-0.05, 0) is 61.4 Å². The van der Waals surface area contributed by atoms with Crippen LogP contribution in [0, 0.1) is 5.92 Å². The second-order valence-electron chi connectivity index (χ2n) is 8.43. The molecule has 0 bridgehead atoms. The monoisotopic (exact) mass is 397 g/mol. The second-order valence-corrected chi connectivity index (χ2v) is 8.43. The van der Waals surface area contributed by atoms with Gasteiger partial charge in [0.15, 0.2) is 5.78 Å². The first-order valence-corrected chi connectivity index (χ1v) is 11.2. The molecule has 1 aliphatic rings. The lowest BCUT2D eigenvalue weighted by Crippen LogP contribution is -2.35. The number of carbonyl (C=O) groups excluding carboxylic acids is 1. The Hall–Kier alpha value is -2.71. The summed E-state index contributed by atoms with van der Waals surface area (Å²) in [6, 6.07) is 29.1. The van der Waals surface area contributed by atoms with Crippen molar-refractivity contribution < 1.29 is 4.79 Å². The predicted molar refractivity (Wildman–Crippen MR) is 125 cm³/mol. The quantitative estimate of drug-likeness (QED) is 0.417. The average molecular weight is 398 g/mol. The molecule has 0 aromatic heterocycles. The van der Waals surface area contributed by atoms with Gasteiger partial charge in [0.2, 0.25) is 0 Å². The van der Waals surface area contributed by atoms with Crippen molar-refractivity contribution >= 4 is 5.78 Å². The first kappa shape index (κ1) is 20.6. The fourth-order valence-electron chi connectivity index (χ4n) is 4.39. The maximum absolute atomic E-state index is 12.6. The number of Topliss-reactive ketones (excluding diaryl/α,β-unsaturated/α-hetero) is 1. The van der Waals surface area contributed by atoms with E-state index in [2.05, 4.69) is 59.5 Å². The summed E-state index contributed by atoms with van der Waals surface area (Å²) in [5, 5.41) is 0. The summed E-state index contributed by atoms with van der Waals surface area (Å²) in [5.74, 6) is 0.964. The van der Waals surface area contributed by atoms with E-state index in [1.165, 1.54) is 24.0 Å². The molecule has 3 aromatic rings. The molecule has 2 nitrogen and oxygen atoms in total. The lowest BCUT2D eigenvalue weighted by molar-refractivity contribution is 0.0962. The van der Waals surface area contributed by atoms with Crippen LogP contribution in [0.4, 0.5) is 0 Å². The van der Waals surface area contributed by atoms with Crippen molar-refractivity contribution in [2.75, 3.05) is 19.6 Å². The van der Waals surface area contributed by atoms with E-state index in [0.717, 1.165) is 43.6 Å².